The minimum atomic E-state index is -0.447. The van der Waals surface area contributed by atoms with Crippen LogP contribution >= 0.6 is 11.6 Å². The number of aromatic amines is 1. The third-order valence-corrected chi connectivity index (χ3v) is 2.88. The van der Waals surface area contributed by atoms with Crippen molar-refractivity contribution in [2.24, 2.45) is 0 Å². The van der Waals surface area contributed by atoms with E-state index in [-0.39, 0.29) is 29.6 Å². The van der Waals surface area contributed by atoms with Gasteiger partial charge < -0.3 is 14.3 Å². The van der Waals surface area contributed by atoms with E-state index in [0.717, 1.165) is 0 Å². The first kappa shape index (κ1) is 14.0. The van der Waals surface area contributed by atoms with Crippen molar-refractivity contribution >= 4 is 17.5 Å². The molecule has 20 heavy (non-hydrogen) atoms. The molecule has 0 unspecified atom stereocenters. The lowest BCUT2D eigenvalue weighted by Crippen LogP contribution is -2.31. The second-order valence-electron chi connectivity index (χ2n) is 4.01. The predicted octanol–water partition coefficient (Wildman–Crippen LogP) is 1.90. The quantitative estimate of drug-likeness (QED) is 0.875. The number of carbonyl (C=O) groups excluding carboxylic acids is 1. The smallest absolute Gasteiger partial charge is 0.266 e. The summed E-state index contributed by atoms with van der Waals surface area (Å²) in [6.07, 6.45) is 8.10. The van der Waals surface area contributed by atoms with Crippen LogP contribution in [0.1, 0.15) is 16.1 Å². The molecule has 0 aliphatic rings. The molecular formula is C14H11ClN2O3. The highest BCUT2D eigenvalue weighted by molar-refractivity contribution is 6.30. The van der Waals surface area contributed by atoms with Gasteiger partial charge in [0.05, 0.1) is 24.9 Å². The molecule has 2 aromatic heterocycles. The Balaban J connectivity index is 2.24. The Kier molecular flexibility index (Phi) is 4.28. The van der Waals surface area contributed by atoms with Gasteiger partial charge in [0.25, 0.3) is 11.5 Å². The lowest BCUT2D eigenvalue weighted by Gasteiger charge is -2.19. The molecule has 0 saturated carbocycles. The van der Waals surface area contributed by atoms with Gasteiger partial charge in [-0.15, -0.1) is 6.42 Å². The molecule has 0 aliphatic heterocycles. The van der Waals surface area contributed by atoms with Crippen molar-refractivity contribution in [3.63, 3.8) is 0 Å². The Bertz CT molecular complexity index is 698. The number of hydrogen-bond donors (Lipinski definition) is 1. The van der Waals surface area contributed by atoms with Gasteiger partial charge in [0, 0.05) is 6.20 Å². The van der Waals surface area contributed by atoms with Gasteiger partial charge in [-0.1, -0.05) is 17.5 Å². The zero-order chi connectivity index (χ0) is 14.5. The van der Waals surface area contributed by atoms with Gasteiger partial charge in [-0.2, -0.15) is 0 Å². The number of hydrogen-bond acceptors (Lipinski definition) is 3. The maximum absolute atomic E-state index is 12.3. The fraction of sp³-hybridized carbons (Fsp3) is 0.143. The third kappa shape index (κ3) is 3.11. The molecule has 5 nitrogen and oxygen atoms in total. The van der Waals surface area contributed by atoms with E-state index in [4.69, 9.17) is 22.4 Å². The number of nitrogens with zero attached hydrogens (tertiary/aromatic N) is 1. The summed E-state index contributed by atoms with van der Waals surface area (Å²) in [5.74, 6) is 2.69. The monoisotopic (exact) mass is 290 g/mol. The van der Waals surface area contributed by atoms with E-state index in [1.165, 1.54) is 23.4 Å². The summed E-state index contributed by atoms with van der Waals surface area (Å²) in [6, 6.07) is 4.79. The van der Waals surface area contributed by atoms with E-state index >= 15 is 0 Å². The van der Waals surface area contributed by atoms with E-state index in [2.05, 4.69) is 10.9 Å². The number of carbonyl (C=O) groups is 1. The number of rotatable bonds is 4. The second-order valence-corrected chi connectivity index (χ2v) is 4.42. The van der Waals surface area contributed by atoms with Crippen molar-refractivity contribution in [1.82, 2.24) is 9.88 Å². The number of amides is 1. The second kappa shape index (κ2) is 6.13. The highest BCUT2D eigenvalue weighted by atomic mass is 35.5. The van der Waals surface area contributed by atoms with Crippen LogP contribution in [-0.4, -0.2) is 22.3 Å². The third-order valence-electron chi connectivity index (χ3n) is 2.60. The van der Waals surface area contributed by atoms with Crippen molar-refractivity contribution < 1.29 is 9.21 Å². The first-order chi connectivity index (χ1) is 9.61. The molecule has 102 valence electrons. The van der Waals surface area contributed by atoms with Crippen LogP contribution in [0.5, 0.6) is 0 Å². The predicted molar refractivity (Wildman–Crippen MR) is 74.4 cm³/mol. The van der Waals surface area contributed by atoms with Crippen molar-refractivity contribution in [3.8, 4) is 12.3 Å². The normalized spacial score (nSPS) is 10.0. The minimum absolute atomic E-state index is 0.0468. The summed E-state index contributed by atoms with van der Waals surface area (Å²) in [4.78, 5) is 27.3. The molecule has 0 atom stereocenters. The fourth-order valence-electron chi connectivity index (χ4n) is 1.66. The molecule has 0 aromatic carbocycles. The average Bonchev–Trinajstić information content (AvgIpc) is 2.93. The molecule has 1 amide bonds. The Labute approximate surface area is 120 Å². The number of H-pyrrole nitrogens is 1. The van der Waals surface area contributed by atoms with Gasteiger partial charge in [-0.25, -0.2) is 0 Å². The molecule has 2 heterocycles. The van der Waals surface area contributed by atoms with Gasteiger partial charge in [-0.3, -0.25) is 9.59 Å². The number of furan rings is 1. The standard InChI is InChI=1S/C14H11ClN2O3/c1-2-5-17(9-11-4-3-6-20-11)14(19)10-7-12(15)13(18)16-8-10/h1,3-4,6-8H,5,9H2,(H,16,18). The Morgan fingerprint density at radius 3 is 2.95 bits per heavy atom. The molecule has 6 heteroatoms. The first-order valence-corrected chi connectivity index (χ1v) is 6.13. The Hall–Kier alpha value is -2.45. The molecule has 0 saturated heterocycles. The molecule has 0 radical (unpaired) electrons. The topological polar surface area (TPSA) is 66.3 Å². The van der Waals surface area contributed by atoms with E-state index in [1.54, 1.807) is 12.1 Å². The molecule has 0 aliphatic carbocycles. The minimum Gasteiger partial charge on any atom is -0.467 e. The molecule has 2 rings (SSSR count). The SMILES string of the molecule is C#CCN(Cc1ccco1)C(=O)c1c[nH]c(=O)c(Cl)c1. The number of pyridine rings is 1. The van der Waals surface area contributed by atoms with Gasteiger partial charge >= 0.3 is 0 Å². The zero-order valence-electron chi connectivity index (χ0n) is 10.4. The van der Waals surface area contributed by atoms with Gasteiger partial charge in [0.15, 0.2) is 0 Å². The maximum atomic E-state index is 12.3. The number of aromatic nitrogens is 1. The van der Waals surface area contributed by atoms with Crippen LogP contribution in [0.3, 0.4) is 0 Å². The van der Waals surface area contributed by atoms with E-state index in [9.17, 15) is 9.59 Å². The van der Waals surface area contributed by atoms with Gasteiger partial charge in [-0.05, 0) is 18.2 Å². The lowest BCUT2D eigenvalue weighted by atomic mass is 10.2. The highest BCUT2D eigenvalue weighted by Crippen LogP contribution is 2.11. The van der Waals surface area contributed by atoms with Gasteiger partial charge in [0.1, 0.15) is 10.8 Å². The van der Waals surface area contributed by atoms with Crippen LogP contribution in [0, 0.1) is 12.3 Å². The van der Waals surface area contributed by atoms with Crippen LogP contribution in [0.15, 0.2) is 39.9 Å². The first-order valence-electron chi connectivity index (χ1n) is 5.75. The summed E-state index contributed by atoms with van der Waals surface area (Å²) < 4.78 is 5.19. The van der Waals surface area contributed by atoms with E-state index in [1.807, 2.05) is 0 Å². The highest BCUT2D eigenvalue weighted by Gasteiger charge is 2.17. The van der Waals surface area contributed by atoms with Crippen LogP contribution in [0.2, 0.25) is 5.02 Å². The number of terminal acetylenes is 1. The summed E-state index contributed by atoms with van der Waals surface area (Å²) in [6.45, 7) is 0.364. The molecule has 0 fully saturated rings. The Morgan fingerprint density at radius 2 is 2.35 bits per heavy atom. The number of nitrogens with one attached hydrogen (secondary N) is 1. The molecular weight excluding hydrogens is 280 g/mol. The zero-order valence-corrected chi connectivity index (χ0v) is 11.2. The molecule has 1 N–H and O–H groups in total. The van der Waals surface area contributed by atoms with Crippen molar-refractivity contribution in [2.75, 3.05) is 6.54 Å². The van der Waals surface area contributed by atoms with Crippen LogP contribution in [0.4, 0.5) is 0 Å². The van der Waals surface area contributed by atoms with Crippen molar-refractivity contribution in [3.05, 3.63) is 57.4 Å². The summed E-state index contributed by atoms with van der Waals surface area (Å²) in [5, 5.41) is -0.0468. The van der Waals surface area contributed by atoms with Crippen molar-refractivity contribution in [2.45, 2.75) is 6.54 Å². The fourth-order valence-corrected chi connectivity index (χ4v) is 1.83. The van der Waals surface area contributed by atoms with E-state index in [0.29, 0.717) is 5.76 Å². The largest absolute Gasteiger partial charge is 0.467 e. The summed E-state index contributed by atoms with van der Waals surface area (Å²) in [5.41, 5.74) is -0.186. The number of halogens is 1. The average molecular weight is 291 g/mol. The maximum Gasteiger partial charge on any atom is 0.266 e. The molecule has 2 aromatic rings. The van der Waals surface area contributed by atoms with Crippen molar-refractivity contribution in [1.29, 1.82) is 0 Å². The van der Waals surface area contributed by atoms with Gasteiger partial charge in [0.2, 0.25) is 0 Å². The summed E-state index contributed by atoms with van der Waals surface area (Å²) >= 11 is 5.71. The molecule has 0 spiro atoms. The van der Waals surface area contributed by atoms with Crippen LogP contribution in [0.25, 0.3) is 0 Å². The van der Waals surface area contributed by atoms with E-state index < -0.39 is 5.56 Å². The Morgan fingerprint density at radius 1 is 1.55 bits per heavy atom. The summed E-state index contributed by atoms with van der Waals surface area (Å²) in [7, 11) is 0. The lowest BCUT2D eigenvalue weighted by molar-refractivity contribution is 0.0754. The van der Waals surface area contributed by atoms with Crippen LogP contribution < -0.4 is 5.56 Å². The molecule has 0 bridgehead atoms. The van der Waals surface area contributed by atoms with Crippen LogP contribution in [-0.2, 0) is 6.54 Å².